The number of carboxylic acids is 1. The van der Waals surface area contributed by atoms with Gasteiger partial charge in [0.2, 0.25) is 0 Å². The van der Waals surface area contributed by atoms with E-state index in [2.05, 4.69) is 4.98 Å². The van der Waals surface area contributed by atoms with Gasteiger partial charge in [0.1, 0.15) is 0 Å². The van der Waals surface area contributed by atoms with E-state index in [9.17, 15) is 20.0 Å². The zero-order chi connectivity index (χ0) is 15.6. The maximum Gasteiger partial charge on any atom is 0.337 e. The molecule has 6 heteroatoms. The molecule has 0 bridgehead atoms. The van der Waals surface area contributed by atoms with Crippen LogP contribution in [0.4, 0.5) is 5.69 Å². The summed E-state index contributed by atoms with van der Waals surface area (Å²) < 4.78 is 0. The van der Waals surface area contributed by atoms with Crippen LogP contribution in [0.2, 0.25) is 0 Å². The molecule has 2 aromatic rings. The number of aryl methyl sites for hydroxylation is 2. The molecule has 0 saturated carbocycles. The van der Waals surface area contributed by atoms with E-state index in [-0.39, 0.29) is 11.3 Å². The summed E-state index contributed by atoms with van der Waals surface area (Å²) in [5.74, 6) is -1.02. The number of nitrogens with zero attached hydrogens (tertiary/aromatic N) is 2. The number of hydrogen-bond donors (Lipinski definition) is 1. The second kappa shape index (κ2) is 5.70. The predicted octanol–water partition coefficient (Wildman–Crippen LogP) is 3.23. The lowest BCUT2D eigenvalue weighted by atomic mass is 10.0. The van der Waals surface area contributed by atoms with Gasteiger partial charge in [0.25, 0.3) is 5.69 Å². The highest BCUT2D eigenvalue weighted by atomic mass is 16.6. The van der Waals surface area contributed by atoms with E-state index < -0.39 is 10.9 Å². The first-order chi connectivity index (χ1) is 9.93. The fourth-order valence-electron chi connectivity index (χ4n) is 2.17. The number of aromatic carboxylic acids is 1. The summed E-state index contributed by atoms with van der Waals surface area (Å²) in [6, 6.07) is 7.72. The molecule has 0 unspecified atom stereocenters. The number of nitro groups is 1. The Bertz CT molecular complexity index is 726. The van der Waals surface area contributed by atoms with Crippen molar-refractivity contribution in [3.63, 3.8) is 0 Å². The summed E-state index contributed by atoms with van der Waals surface area (Å²) in [5, 5.41) is 20.0. The lowest BCUT2D eigenvalue weighted by Crippen LogP contribution is -2.06. The van der Waals surface area contributed by atoms with Gasteiger partial charge in [-0.25, -0.2) is 4.79 Å². The van der Waals surface area contributed by atoms with Crippen molar-refractivity contribution in [3.8, 4) is 11.3 Å². The van der Waals surface area contributed by atoms with Crippen molar-refractivity contribution in [1.82, 2.24) is 4.98 Å². The van der Waals surface area contributed by atoms with Crippen molar-refractivity contribution < 1.29 is 14.8 Å². The fourth-order valence-corrected chi connectivity index (χ4v) is 2.17. The van der Waals surface area contributed by atoms with E-state index in [1.54, 1.807) is 25.1 Å². The second-order valence-corrected chi connectivity index (χ2v) is 4.61. The standard InChI is InChI=1S/C15H14N2O4/c1-3-13-12(15(18)19)7-9(2)14(16-13)10-5-4-6-11(8-10)17(20)21/h4-8H,3H2,1-2H3,(H,18,19). The molecule has 6 nitrogen and oxygen atoms in total. The summed E-state index contributed by atoms with van der Waals surface area (Å²) in [4.78, 5) is 26.0. The molecule has 1 aromatic carbocycles. The molecule has 0 atom stereocenters. The maximum absolute atomic E-state index is 11.2. The van der Waals surface area contributed by atoms with Crippen molar-refractivity contribution in [3.05, 3.63) is 57.3 Å². The zero-order valence-electron chi connectivity index (χ0n) is 11.7. The van der Waals surface area contributed by atoms with Gasteiger partial charge in [-0.2, -0.15) is 0 Å². The third-order valence-corrected chi connectivity index (χ3v) is 3.19. The minimum absolute atomic E-state index is 0.0194. The van der Waals surface area contributed by atoms with Crippen LogP contribution in [0, 0.1) is 17.0 Å². The summed E-state index contributed by atoms with van der Waals surface area (Å²) in [7, 11) is 0. The van der Waals surface area contributed by atoms with Crippen molar-refractivity contribution in [1.29, 1.82) is 0 Å². The van der Waals surface area contributed by atoms with E-state index >= 15 is 0 Å². The van der Waals surface area contributed by atoms with E-state index in [0.717, 1.165) is 0 Å². The molecule has 21 heavy (non-hydrogen) atoms. The number of non-ortho nitro benzene ring substituents is 1. The lowest BCUT2D eigenvalue weighted by Gasteiger charge is -2.10. The molecule has 0 fully saturated rings. The topological polar surface area (TPSA) is 93.3 Å². The van der Waals surface area contributed by atoms with Crippen molar-refractivity contribution >= 4 is 11.7 Å². The summed E-state index contributed by atoms with van der Waals surface area (Å²) >= 11 is 0. The van der Waals surface area contributed by atoms with Crippen LogP contribution in [0.25, 0.3) is 11.3 Å². The second-order valence-electron chi connectivity index (χ2n) is 4.61. The largest absolute Gasteiger partial charge is 0.478 e. The Morgan fingerprint density at radius 1 is 1.38 bits per heavy atom. The van der Waals surface area contributed by atoms with Crippen LogP contribution in [0.15, 0.2) is 30.3 Å². The molecule has 108 valence electrons. The molecule has 1 aromatic heterocycles. The number of aromatic nitrogens is 1. The highest BCUT2D eigenvalue weighted by Gasteiger charge is 2.16. The molecule has 0 amide bonds. The number of hydrogen-bond acceptors (Lipinski definition) is 4. The molecular formula is C15H14N2O4. The summed E-state index contributed by atoms with van der Waals surface area (Å²) in [6.07, 6.45) is 0.476. The normalized spacial score (nSPS) is 10.4. The molecule has 1 heterocycles. The van der Waals surface area contributed by atoms with Crippen molar-refractivity contribution in [2.45, 2.75) is 20.3 Å². The van der Waals surface area contributed by atoms with Gasteiger partial charge in [0.05, 0.1) is 21.9 Å². The molecule has 0 radical (unpaired) electrons. The lowest BCUT2D eigenvalue weighted by molar-refractivity contribution is -0.384. The van der Waals surface area contributed by atoms with Crippen LogP contribution in [-0.2, 0) is 6.42 Å². The molecule has 1 N–H and O–H groups in total. The van der Waals surface area contributed by atoms with E-state index in [0.29, 0.717) is 28.9 Å². The molecule has 0 aliphatic rings. The van der Waals surface area contributed by atoms with Crippen LogP contribution in [0.1, 0.15) is 28.5 Å². The van der Waals surface area contributed by atoms with Gasteiger partial charge in [-0.3, -0.25) is 15.1 Å². The predicted molar refractivity (Wildman–Crippen MR) is 77.4 cm³/mol. The monoisotopic (exact) mass is 286 g/mol. The number of pyridine rings is 1. The van der Waals surface area contributed by atoms with Crippen LogP contribution < -0.4 is 0 Å². The molecular weight excluding hydrogens is 272 g/mol. The number of rotatable bonds is 4. The van der Waals surface area contributed by atoms with Gasteiger partial charge in [0, 0.05) is 17.7 Å². The third kappa shape index (κ3) is 2.89. The summed E-state index contributed by atoms with van der Waals surface area (Å²) in [5.41, 5.74) is 2.46. The van der Waals surface area contributed by atoms with Gasteiger partial charge >= 0.3 is 5.97 Å². The average molecular weight is 286 g/mol. The number of benzene rings is 1. The van der Waals surface area contributed by atoms with Crippen LogP contribution in [-0.4, -0.2) is 21.0 Å². The Morgan fingerprint density at radius 3 is 2.67 bits per heavy atom. The van der Waals surface area contributed by atoms with E-state index in [1.165, 1.54) is 12.1 Å². The number of nitro benzene ring substituents is 1. The van der Waals surface area contributed by atoms with E-state index in [4.69, 9.17) is 0 Å². The quantitative estimate of drug-likeness (QED) is 0.688. The Hall–Kier alpha value is -2.76. The Morgan fingerprint density at radius 2 is 2.10 bits per heavy atom. The first-order valence-corrected chi connectivity index (χ1v) is 6.42. The molecule has 0 spiro atoms. The fraction of sp³-hybridized carbons (Fsp3) is 0.200. The Balaban J connectivity index is 2.61. The van der Waals surface area contributed by atoms with Crippen LogP contribution in [0.5, 0.6) is 0 Å². The van der Waals surface area contributed by atoms with Gasteiger partial charge < -0.3 is 5.11 Å². The van der Waals surface area contributed by atoms with Crippen LogP contribution >= 0.6 is 0 Å². The molecule has 2 rings (SSSR count). The minimum Gasteiger partial charge on any atom is -0.478 e. The van der Waals surface area contributed by atoms with E-state index in [1.807, 2.05) is 6.92 Å². The highest BCUT2D eigenvalue weighted by molar-refractivity contribution is 5.90. The number of carboxylic acid groups (broad SMARTS) is 1. The van der Waals surface area contributed by atoms with Gasteiger partial charge in [-0.05, 0) is 25.0 Å². The first-order valence-electron chi connectivity index (χ1n) is 6.42. The maximum atomic E-state index is 11.2. The third-order valence-electron chi connectivity index (χ3n) is 3.19. The van der Waals surface area contributed by atoms with Gasteiger partial charge in [-0.15, -0.1) is 0 Å². The van der Waals surface area contributed by atoms with Crippen molar-refractivity contribution in [2.75, 3.05) is 0 Å². The van der Waals surface area contributed by atoms with Gasteiger partial charge in [0.15, 0.2) is 0 Å². The highest BCUT2D eigenvalue weighted by Crippen LogP contribution is 2.27. The molecule has 0 aliphatic heterocycles. The van der Waals surface area contributed by atoms with Crippen LogP contribution in [0.3, 0.4) is 0 Å². The summed E-state index contributed by atoms with van der Waals surface area (Å²) in [6.45, 7) is 3.56. The van der Waals surface area contributed by atoms with Crippen molar-refractivity contribution in [2.24, 2.45) is 0 Å². The SMILES string of the molecule is CCc1nc(-c2cccc([N+](=O)[O-])c2)c(C)cc1C(=O)O. The smallest absolute Gasteiger partial charge is 0.337 e. The Labute approximate surface area is 121 Å². The minimum atomic E-state index is -1.02. The molecule has 0 saturated heterocycles. The Kier molecular flexibility index (Phi) is 3.98. The zero-order valence-corrected chi connectivity index (χ0v) is 11.7. The van der Waals surface area contributed by atoms with Gasteiger partial charge in [-0.1, -0.05) is 19.1 Å². The first kappa shape index (κ1) is 14.6. The average Bonchev–Trinajstić information content (AvgIpc) is 2.46. The molecule has 0 aliphatic carbocycles. The number of carbonyl (C=O) groups is 1.